The molecule has 178 valence electrons. The summed E-state index contributed by atoms with van der Waals surface area (Å²) in [6.07, 6.45) is 1.08. The average molecular weight is 506 g/mol. The molecule has 0 saturated carbocycles. The molecule has 7 heteroatoms. The Morgan fingerprint density at radius 2 is 1.83 bits per heavy atom. The topological polar surface area (TPSA) is 73.2 Å². The van der Waals surface area contributed by atoms with Gasteiger partial charge in [-0.3, -0.25) is 9.59 Å². The van der Waals surface area contributed by atoms with Crippen LogP contribution in [0.5, 0.6) is 0 Å². The van der Waals surface area contributed by atoms with E-state index in [9.17, 15) is 14.9 Å². The molecule has 2 unspecified atom stereocenters. The predicted molar refractivity (Wildman–Crippen MR) is 140 cm³/mol. The maximum Gasteiger partial charge on any atom is 0.229 e. The molecule has 1 aliphatic heterocycles. The first-order chi connectivity index (χ1) is 16.8. The largest absolute Gasteiger partial charge is 0.325 e. The molecule has 1 fully saturated rings. The molecule has 0 aromatic heterocycles. The summed E-state index contributed by atoms with van der Waals surface area (Å²) >= 11 is 12.5. The highest BCUT2D eigenvalue weighted by molar-refractivity contribution is 6.32. The Hall–Kier alpha value is -3.33. The molecule has 0 bridgehead atoms. The number of hydrogen-bond donors (Lipinski definition) is 1. The van der Waals surface area contributed by atoms with Gasteiger partial charge in [0.05, 0.1) is 17.9 Å². The molecule has 1 heterocycles. The number of amides is 2. The quantitative estimate of drug-likeness (QED) is 0.414. The number of carbonyl (C=O) groups is 2. The SMILES string of the molecule is CCc1ccc(N2CC(C(=O)Nc3cc(Cl)c(C(C#N)c4ccc(Cl)cc4)cc3C)CC2=O)cc1. The third-order valence-electron chi connectivity index (χ3n) is 6.40. The van der Waals surface area contributed by atoms with Gasteiger partial charge in [0.2, 0.25) is 11.8 Å². The summed E-state index contributed by atoms with van der Waals surface area (Å²) in [6, 6.07) is 20.7. The number of nitrogens with zero attached hydrogens (tertiary/aromatic N) is 2. The molecule has 1 saturated heterocycles. The number of nitrogens with one attached hydrogen (secondary N) is 1. The van der Waals surface area contributed by atoms with Gasteiger partial charge in [0, 0.05) is 34.4 Å². The van der Waals surface area contributed by atoms with E-state index in [0.29, 0.717) is 27.8 Å². The molecule has 0 aliphatic carbocycles. The summed E-state index contributed by atoms with van der Waals surface area (Å²) in [7, 11) is 0. The third-order valence-corrected chi connectivity index (χ3v) is 6.98. The standard InChI is InChI=1S/C28H25Cl2N3O2/c1-3-18-4-10-22(11-5-18)33-16-20(13-27(33)34)28(35)32-26-14-25(30)23(12-17(26)2)24(15-31)19-6-8-21(29)9-7-19/h4-12,14,20,24H,3,13,16H2,1-2H3,(H,32,35). The Balaban J connectivity index is 1.49. The van der Waals surface area contributed by atoms with Gasteiger partial charge in [0.1, 0.15) is 0 Å². The first-order valence-electron chi connectivity index (χ1n) is 11.5. The van der Waals surface area contributed by atoms with Crippen LogP contribution in [-0.4, -0.2) is 18.4 Å². The molecular formula is C28H25Cl2N3O2. The fourth-order valence-electron chi connectivity index (χ4n) is 4.32. The second-order valence-corrected chi connectivity index (χ2v) is 9.56. The monoisotopic (exact) mass is 505 g/mol. The van der Waals surface area contributed by atoms with Crippen molar-refractivity contribution >= 4 is 46.4 Å². The second kappa shape index (κ2) is 10.5. The van der Waals surface area contributed by atoms with E-state index in [-0.39, 0.29) is 18.2 Å². The van der Waals surface area contributed by atoms with Gasteiger partial charge < -0.3 is 10.2 Å². The van der Waals surface area contributed by atoms with E-state index in [1.165, 1.54) is 5.56 Å². The molecule has 3 aromatic carbocycles. The minimum absolute atomic E-state index is 0.0701. The Bertz CT molecular complexity index is 1300. The van der Waals surface area contributed by atoms with Crippen molar-refractivity contribution in [2.45, 2.75) is 32.6 Å². The van der Waals surface area contributed by atoms with Crippen LogP contribution in [0, 0.1) is 24.2 Å². The molecule has 2 amide bonds. The van der Waals surface area contributed by atoms with Crippen molar-refractivity contribution < 1.29 is 9.59 Å². The van der Waals surface area contributed by atoms with Gasteiger partial charge in [0.15, 0.2) is 0 Å². The summed E-state index contributed by atoms with van der Waals surface area (Å²) in [6.45, 7) is 4.26. The van der Waals surface area contributed by atoms with Crippen molar-refractivity contribution in [1.29, 1.82) is 5.26 Å². The van der Waals surface area contributed by atoms with E-state index in [4.69, 9.17) is 23.2 Å². The summed E-state index contributed by atoms with van der Waals surface area (Å²) < 4.78 is 0. The fraction of sp³-hybridized carbons (Fsp3) is 0.250. The summed E-state index contributed by atoms with van der Waals surface area (Å²) in [5.41, 5.74) is 4.78. The summed E-state index contributed by atoms with van der Waals surface area (Å²) in [4.78, 5) is 27.3. The van der Waals surface area contributed by atoms with E-state index in [2.05, 4.69) is 18.3 Å². The van der Waals surface area contributed by atoms with Gasteiger partial charge in [-0.2, -0.15) is 5.26 Å². The lowest BCUT2D eigenvalue weighted by molar-refractivity contribution is -0.122. The van der Waals surface area contributed by atoms with Gasteiger partial charge in [-0.15, -0.1) is 0 Å². The lowest BCUT2D eigenvalue weighted by atomic mass is 9.91. The molecule has 1 aliphatic rings. The minimum Gasteiger partial charge on any atom is -0.325 e. The van der Waals surface area contributed by atoms with Crippen LogP contribution in [-0.2, 0) is 16.0 Å². The highest BCUT2D eigenvalue weighted by atomic mass is 35.5. The lowest BCUT2D eigenvalue weighted by Gasteiger charge is -2.18. The van der Waals surface area contributed by atoms with Crippen LogP contribution in [0.15, 0.2) is 60.7 Å². The van der Waals surface area contributed by atoms with Crippen molar-refractivity contribution in [3.05, 3.63) is 93.0 Å². The van der Waals surface area contributed by atoms with Crippen molar-refractivity contribution in [3.8, 4) is 6.07 Å². The maximum absolute atomic E-state index is 13.0. The molecule has 2 atom stereocenters. The van der Waals surface area contributed by atoms with Crippen molar-refractivity contribution in [1.82, 2.24) is 0 Å². The molecule has 1 N–H and O–H groups in total. The minimum atomic E-state index is -0.566. The molecule has 3 aromatic rings. The Morgan fingerprint density at radius 3 is 2.46 bits per heavy atom. The van der Waals surface area contributed by atoms with Crippen LogP contribution in [0.4, 0.5) is 11.4 Å². The Morgan fingerprint density at radius 1 is 1.14 bits per heavy atom. The van der Waals surface area contributed by atoms with Crippen LogP contribution in [0.25, 0.3) is 0 Å². The number of hydrogen-bond acceptors (Lipinski definition) is 3. The highest BCUT2D eigenvalue weighted by Crippen LogP contribution is 2.35. The van der Waals surface area contributed by atoms with Gasteiger partial charge in [0.25, 0.3) is 0 Å². The smallest absolute Gasteiger partial charge is 0.229 e. The molecule has 5 nitrogen and oxygen atoms in total. The highest BCUT2D eigenvalue weighted by Gasteiger charge is 2.35. The van der Waals surface area contributed by atoms with Crippen molar-refractivity contribution in [2.24, 2.45) is 5.92 Å². The Labute approximate surface area is 215 Å². The molecule has 35 heavy (non-hydrogen) atoms. The number of aryl methyl sites for hydroxylation is 2. The van der Waals surface area contributed by atoms with E-state index in [0.717, 1.165) is 23.2 Å². The second-order valence-electron chi connectivity index (χ2n) is 8.72. The molecule has 4 rings (SSSR count). The number of benzene rings is 3. The summed E-state index contributed by atoms with van der Waals surface area (Å²) in [5, 5.41) is 13.7. The number of nitriles is 1. The first-order valence-corrected chi connectivity index (χ1v) is 12.2. The third kappa shape index (κ3) is 5.35. The van der Waals surface area contributed by atoms with Crippen molar-refractivity contribution in [3.63, 3.8) is 0 Å². The van der Waals surface area contributed by atoms with Crippen LogP contribution >= 0.6 is 23.2 Å². The fourth-order valence-corrected chi connectivity index (χ4v) is 4.72. The van der Waals surface area contributed by atoms with E-state index < -0.39 is 11.8 Å². The zero-order valence-electron chi connectivity index (χ0n) is 19.5. The van der Waals surface area contributed by atoms with Gasteiger partial charge in [-0.05, 0) is 65.9 Å². The number of halogens is 2. The molecular weight excluding hydrogens is 481 g/mol. The maximum atomic E-state index is 13.0. The van der Waals surface area contributed by atoms with E-state index >= 15 is 0 Å². The summed E-state index contributed by atoms with van der Waals surface area (Å²) in [5.74, 6) is -1.33. The van der Waals surface area contributed by atoms with Crippen LogP contribution in [0.2, 0.25) is 10.0 Å². The average Bonchev–Trinajstić information content (AvgIpc) is 3.25. The van der Waals surface area contributed by atoms with Crippen molar-refractivity contribution in [2.75, 3.05) is 16.8 Å². The lowest BCUT2D eigenvalue weighted by Crippen LogP contribution is -2.28. The normalized spacial score (nSPS) is 16.1. The number of carbonyl (C=O) groups excluding carboxylic acids is 2. The zero-order chi connectivity index (χ0) is 25.1. The van der Waals surface area contributed by atoms with Gasteiger partial charge in [-0.1, -0.05) is 60.5 Å². The number of anilines is 2. The van der Waals surface area contributed by atoms with Crippen LogP contribution < -0.4 is 10.2 Å². The molecule has 0 spiro atoms. The van der Waals surface area contributed by atoms with Crippen LogP contribution in [0.3, 0.4) is 0 Å². The number of rotatable bonds is 6. The predicted octanol–water partition coefficient (Wildman–Crippen LogP) is 6.51. The van der Waals surface area contributed by atoms with Crippen LogP contribution in [0.1, 0.15) is 41.5 Å². The zero-order valence-corrected chi connectivity index (χ0v) is 21.0. The Kier molecular flexibility index (Phi) is 7.45. The van der Waals surface area contributed by atoms with E-state index in [1.54, 1.807) is 35.2 Å². The van der Waals surface area contributed by atoms with E-state index in [1.807, 2.05) is 37.3 Å². The molecule has 0 radical (unpaired) electrons. The van der Waals surface area contributed by atoms with Gasteiger partial charge >= 0.3 is 0 Å². The van der Waals surface area contributed by atoms with Gasteiger partial charge in [-0.25, -0.2) is 0 Å². The first kappa shape index (κ1) is 24.8.